The first-order valence-electron chi connectivity index (χ1n) is 4.89. The van der Waals surface area contributed by atoms with Crippen LogP contribution in [0.15, 0.2) is 36.7 Å². The quantitative estimate of drug-likeness (QED) is 0.681. The maximum atomic E-state index is 5.83. The second-order valence-electron chi connectivity index (χ2n) is 3.62. The van der Waals surface area contributed by atoms with Crippen LogP contribution < -0.4 is 5.73 Å². The lowest BCUT2D eigenvalue weighted by Gasteiger charge is -2.13. The molecule has 0 unspecified atom stereocenters. The number of hydrogen-bond donors (Lipinski definition) is 1. The Hall–Kier alpha value is -0.900. The fourth-order valence-electron chi connectivity index (χ4n) is 1.58. The molecule has 0 aliphatic rings. The maximum absolute atomic E-state index is 5.83. The van der Waals surface area contributed by atoms with E-state index in [1.165, 1.54) is 0 Å². The Morgan fingerprint density at radius 1 is 1.29 bits per heavy atom. The predicted molar refractivity (Wildman–Crippen MR) is 71.4 cm³/mol. The van der Waals surface area contributed by atoms with Crippen LogP contribution in [0.2, 0.25) is 0 Å². The van der Waals surface area contributed by atoms with Crippen LogP contribution in [-0.2, 0) is 10.3 Å². The molecule has 2 rings (SSSR count). The van der Waals surface area contributed by atoms with Crippen LogP contribution in [0.1, 0.15) is 11.4 Å². The van der Waals surface area contributed by atoms with Gasteiger partial charge in [-0.25, -0.2) is 4.98 Å². The molecule has 0 radical (unpaired) electrons. The average Bonchev–Trinajstić information content (AvgIpc) is 2.65. The van der Waals surface area contributed by atoms with Crippen molar-refractivity contribution >= 4 is 40.5 Å². The number of nitrogens with two attached hydrogens (primary N) is 1. The molecule has 0 aliphatic carbocycles. The van der Waals surface area contributed by atoms with Crippen LogP contribution >= 0.6 is 34.8 Å². The lowest BCUT2D eigenvalue weighted by Crippen LogP contribution is -2.12. The Morgan fingerprint density at radius 2 is 2.06 bits per heavy atom. The molecule has 17 heavy (non-hydrogen) atoms. The number of hydrogen-bond acceptors (Lipinski definition) is 2. The first kappa shape index (κ1) is 12.6. The molecule has 0 saturated carbocycles. The van der Waals surface area contributed by atoms with E-state index in [0.29, 0.717) is 18.1 Å². The summed E-state index contributed by atoms with van der Waals surface area (Å²) < 4.78 is 0.256. The molecule has 90 valence electrons. The second-order valence-corrected chi connectivity index (χ2v) is 5.90. The zero-order valence-electron chi connectivity index (χ0n) is 8.78. The van der Waals surface area contributed by atoms with E-state index in [4.69, 9.17) is 40.5 Å². The maximum Gasteiger partial charge on any atom is 0.248 e. The van der Waals surface area contributed by atoms with E-state index in [0.717, 1.165) is 5.56 Å². The smallest absolute Gasteiger partial charge is 0.248 e. The van der Waals surface area contributed by atoms with Gasteiger partial charge in [-0.3, -0.25) is 0 Å². The minimum Gasteiger partial charge on any atom is -0.399 e. The number of aromatic nitrogens is 2. The lowest BCUT2D eigenvalue weighted by molar-refractivity contribution is 0.738. The van der Waals surface area contributed by atoms with Gasteiger partial charge in [-0.05, 0) is 17.7 Å². The summed E-state index contributed by atoms with van der Waals surface area (Å²) in [6.07, 6.45) is 3.37. The van der Waals surface area contributed by atoms with Gasteiger partial charge in [0.15, 0.2) is 5.82 Å². The molecule has 0 aliphatic heterocycles. The minimum atomic E-state index is -1.52. The number of benzene rings is 1. The molecule has 0 bridgehead atoms. The number of rotatable bonds is 2. The van der Waals surface area contributed by atoms with Crippen molar-refractivity contribution in [3.8, 4) is 0 Å². The molecule has 2 N–H and O–H groups in total. The molecule has 1 aromatic carbocycles. The van der Waals surface area contributed by atoms with Crippen molar-refractivity contribution in [2.24, 2.45) is 0 Å². The Kier molecular flexibility index (Phi) is 3.52. The molecule has 2 aromatic rings. The SMILES string of the molecule is Nc1cccc(Cn2ccnc2C(Cl)(Cl)Cl)c1. The van der Waals surface area contributed by atoms with Crippen LogP contribution in [0.5, 0.6) is 0 Å². The highest BCUT2D eigenvalue weighted by Crippen LogP contribution is 2.37. The third kappa shape index (κ3) is 3.06. The van der Waals surface area contributed by atoms with Crippen LogP contribution in [0.3, 0.4) is 0 Å². The van der Waals surface area contributed by atoms with Crippen molar-refractivity contribution in [2.45, 2.75) is 10.3 Å². The monoisotopic (exact) mass is 289 g/mol. The van der Waals surface area contributed by atoms with Gasteiger partial charge in [-0.15, -0.1) is 0 Å². The van der Waals surface area contributed by atoms with E-state index in [9.17, 15) is 0 Å². The Balaban J connectivity index is 2.28. The van der Waals surface area contributed by atoms with Gasteiger partial charge in [0.25, 0.3) is 0 Å². The van der Waals surface area contributed by atoms with Crippen LogP contribution in [0.25, 0.3) is 0 Å². The highest BCUT2D eigenvalue weighted by molar-refractivity contribution is 6.66. The Morgan fingerprint density at radius 3 is 2.71 bits per heavy atom. The van der Waals surface area contributed by atoms with Gasteiger partial charge in [0.05, 0.1) is 0 Å². The van der Waals surface area contributed by atoms with Gasteiger partial charge in [0.2, 0.25) is 3.79 Å². The van der Waals surface area contributed by atoms with Crippen LogP contribution in [-0.4, -0.2) is 9.55 Å². The number of nitrogen functional groups attached to an aromatic ring is 1. The molecule has 6 heteroatoms. The van der Waals surface area contributed by atoms with E-state index >= 15 is 0 Å². The van der Waals surface area contributed by atoms with Crippen molar-refractivity contribution in [1.82, 2.24) is 9.55 Å². The third-order valence-corrected chi connectivity index (χ3v) is 2.78. The topological polar surface area (TPSA) is 43.8 Å². The molecular weight excluding hydrogens is 281 g/mol. The van der Waals surface area contributed by atoms with Crippen LogP contribution in [0, 0.1) is 0 Å². The zero-order chi connectivity index (χ0) is 12.5. The number of alkyl halides is 3. The van der Waals surface area contributed by atoms with Crippen LogP contribution in [0.4, 0.5) is 5.69 Å². The molecule has 3 nitrogen and oxygen atoms in total. The normalized spacial score (nSPS) is 11.7. The fraction of sp³-hybridized carbons (Fsp3) is 0.182. The standard InChI is InChI=1S/C11H10Cl3N3/c12-11(13,14)10-16-4-5-17(10)7-8-2-1-3-9(15)6-8/h1-6H,7,15H2. The minimum absolute atomic E-state index is 0.393. The third-order valence-electron chi connectivity index (χ3n) is 2.27. The first-order valence-corrected chi connectivity index (χ1v) is 6.03. The molecule has 1 heterocycles. The van der Waals surface area contributed by atoms with Crippen molar-refractivity contribution in [1.29, 1.82) is 0 Å². The van der Waals surface area contributed by atoms with Gasteiger partial charge in [0, 0.05) is 24.6 Å². The zero-order valence-corrected chi connectivity index (χ0v) is 11.0. The van der Waals surface area contributed by atoms with Crippen molar-refractivity contribution in [3.05, 3.63) is 48.0 Å². The fourth-order valence-corrected chi connectivity index (χ4v) is 2.05. The highest BCUT2D eigenvalue weighted by Gasteiger charge is 2.28. The van der Waals surface area contributed by atoms with Gasteiger partial charge in [-0.1, -0.05) is 46.9 Å². The molecule has 0 atom stereocenters. The summed E-state index contributed by atoms with van der Waals surface area (Å²) in [5, 5.41) is 0. The summed E-state index contributed by atoms with van der Waals surface area (Å²) in [7, 11) is 0. The van der Waals surface area contributed by atoms with Gasteiger partial charge >= 0.3 is 0 Å². The average molecular weight is 291 g/mol. The molecule has 0 amide bonds. The molecule has 0 spiro atoms. The molecule has 0 fully saturated rings. The first-order chi connectivity index (χ1) is 7.97. The van der Waals surface area contributed by atoms with E-state index in [-0.39, 0.29) is 0 Å². The summed E-state index contributed by atoms with van der Waals surface area (Å²) in [5.41, 5.74) is 7.44. The van der Waals surface area contributed by atoms with Crippen molar-refractivity contribution in [2.75, 3.05) is 5.73 Å². The van der Waals surface area contributed by atoms with E-state index in [1.54, 1.807) is 17.0 Å². The molecular formula is C11H10Cl3N3. The Labute approximate surface area is 114 Å². The molecule has 0 saturated heterocycles. The predicted octanol–water partition coefficient (Wildman–Crippen LogP) is 3.34. The summed E-state index contributed by atoms with van der Waals surface area (Å²) in [6, 6.07) is 7.55. The van der Waals surface area contributed by atoms with Gasteiger partial charge in [0.1, 0.15) is 0 Å². The number of imidazole rings is 1. The number of anilines is 1. The highest BCUT2D eigenvalue weighted by atomic mass is 35.6. The van der Waals surface area contributed by atoms with E-state index in [1.807, 2.05) is 24.3 Å². The van der Waals surface area contributed by atoms with Crippen molar-refractivity contribution in [3.63, 3.8) is 0 Å². The number of halogens is 3. The van der Waals surface area contributed by atoms with Gasteiger partial charge < -0.3 is 10.3 Å². The second kappa shape index (κ2) is 4.77. The lowest BCUT2D eigenvalue weighted by atomic mass is 10.2. The summed E-state index contributed by atoms with van der Waals surface area (Å²) >= 11 is 17.5. The van der Waals surface area contributed by atoms with Gasteiger partial charge in [-0.2, -0.15) is 0 Å². The van der Waals surface area contributed by atoms with E-state index in [2.05, 4.69) is 4.98 Å². The summed E-state index contributed by atoms with van der Waals surface area (Å²) in [6.45, 7) is 0.564. The van der Waals surface area contributed by atoms with Crippen molar-refractivity contribution < 1.29 is 0 Å². The van der Waals surface area contributed by atoms with E-state index < -0.39 is 3.79 Å². The number of nitrogens with zero attached hydrogens (tertiary/aromatic N) is 2. The molecule has 1 aromatic heterocycles. The Bertz CT molecular complexity index is 517. The largest absolute Gasteiger partial charge is 0.399 e. The summed E-state index contributed by atoms with van der Waals surface area (Å²) in [5.74, 6) is 0.393. The summed E-state index contributed by atoms with van der Waals surface area (Å²) in [4.78, 5) is 4.04.